The monoisotopic (exact) mass is 467 g/mol. The number of sulfonamides is 1. The summed E-state index contributed by atoms with van der Waals surface area (Å²) in [6, 6.07) is 0.186. The Kier molecular flexibility index (Phi) is 8.03. The summed E-state index contributed by atoms with van der Waals surface area (Å²) in [5.41, 5.74) is 1.15. The fourth-order valence-corrected chi connectivity index (χ4v) is 6.93. The van der Waals surface area contributed by atoms with E-state index in [4.69, 9.17) is 4.74 Å². The van der Waals surface area contributed by atoms with Gasteiger partial charge in [0.1, 0.15) is 10.5 Å². The summed E-state index contributed by atoms with van der Waals surface area (Å²) in [5.74, 6) is -1.06. The van der Waals surface area contributed by atoms with Crippen LogP contribution in [0.4, 0.5) is 0 Å². The van der Waals surface area contributed by atoms with Crippen LogP contribution in [0.2, 0.25) is 0 Å². The number of rotatable bonds is 6. The molecular weight excluding hydrogens is 430 g/mol. The Labute approximate surface area is 191 Å². The van der Waals surface area contributed by atoms with Gasteiger partial charge in [-0.05, 0) is 46.5 Å². The van der Waals surface area contributed by atoms with Crippen molar-refractivity contribution in [1.29, 1.82) is 0 Å². The van der Waals surface area contributed by atoms with Crippen molar-refractivity contribution in [3.05, 3.63) is 17.0 Å². The van der Waals surface area contributed by atoms with Crippen LogP contribution in [0.5, 0.6) is 0 Å². The molecule has 1 amide bonds. The second-order valence-corrected chi connectivity index (χ2v) is 10.9. The highest BCUT2D eigenvalue weighted by atomic mass is 32.2. The van der Waals surface area contributed by atoms with Gasteiger partial charge in [0.15, 0.2) is 0 Å². The van der Waals surface area contributed by atoms with Gasteiger partial charge in [0.05, 0.1) is 12.5 Å². The van der Waals surface area contributed by atoms with Gasteiger partial charge in [-0.3, -0.25) is 4.79 Å². The van der Waals surface area contributed by atoms with E-state index in [1.54, 1.807) is 32.4 Å². The Morgan fingerprint density at radius 2 is 1.69 bits per heavy atom. The van der Waals surface area contributed by atoms with E-state index >= 15 is 0 Å². The van der Waals surface area contributed by atoms with Crippen LogP contribution >= 0.6 is 0 Å². The zero-order valence-corrected chi connectivity index (χ0v) is 20.6. The number of nitrogens with zero attached hydrogens (tertiary/aromatic N) is 2. The molecule has 2 fully saturated rings. The van der Waals surface area contributed by atoms with Crippen LogP contribution in [-0.4, -0.2) is 54.9 Å². The van der Waals surface area contributed by atoms with Crippen molar-refractivity contribution in [3.63, 3.8) is 0 Å². The average Bonchev–Trinajstić information content (AvgIpc) is 2.94. The Hall–Kier alpha value is -1.87. The Bertz CT molecular complexity index is 945. The van der Waals surface area contributed by atoms with Crippen molar-refractivity contribution in [3.8, 4) is 0 Å². The van der Waals surface area contributed by atoms with Gasteiger partial charge in [-0.1, -0.05) is 25.7 Å². The molecule has 2 heterocycles. The van der Waals surface area contributed by atoms with E-state index in [0.717, 1.165) is 25.7 Å². The molecule has 32 heavy (non-hydrogen) atoms. The van der Waals surface area contributed by atoms with E-state index in [-0.39, 0.29) is 41.5 Å². The predicted octanol–water partition coefficient (Wildman–Crippen LogP) is 3.06. The maximum atomic E-state index is 13.7. The highest BCUT2D eigenvalue weighted by Gasteiger charge is 2.39. The van der Waals surface area contributed by atoms with Gasteiger partial charge in [-0.2, -0.15) is 4.31 Å². The molecule has 0 aromatic carbocycles. The first-order valence-electron chi connectivity index (χ1n) is 11.8. The number of carbonyl (C=O) groups excluding carboxylic acids is 2. The number of aromatic nitrogens is 1. The normalized spacial score (nSPS) is 21.2. The quantitative estimate of drug-likeness (QED) is 0.512. The molecular formula is C23H37N3O5S. The van der Waals surface area contributed by atoms with Gasteiger partial charge in [0.2, 0.25) is 15.9 Å². The fourth-order valence-electron chi connectivity index (χ4n) is 4.92. The molecule has 2 aliphatic rings. The van der Waals surface area contributed by atoms with E-state index < -0.39 is 16.0 Å². The topological polar surface area (TPSA) is 97.7 Å². The van der Waals surface area contributed by atoms with Crippen LogP contribution < -0.4 is 5.32 Å². The molecule has 0 spiro atoms. The molecule has 180 valence electrons. The molecule has 8 nitrogen and oxygen atoms in total. The van der Waals surface area contributed by atoms with Crippen LogP contribution in [0.25, 0.3) is 0 Å². The highest BCUT2D eigenvalue weighted by Crippen LogP contribution is 2.32. The minimum Gasteiger partial charge on any atom is -0.462 e. The summed E-state index contributed by atoms with van der Waals surface area (Å²) in [6.07, 6.45) is 7.93. The van der Waals surface area contributed by atoms with Gasteiger partial charge < -0.3 is 14.6 Å². The van der Waals surface area contributed by atoms with E-state index in [2.05, 4.69) is 5.32 Å². The fraction of sp³-hybridized carbons (Fsp3) is 0.739. The standard InChI is InChI=1S/C23H37N3O5S/c1-5-31-23(28)20-16(2)25(4)17(3)21(20)32(29,30)26-14-10-11-18(15-26)22(27)24-19-12-8-6-7-9-13-19/h18-19H,5-15H2,1-4H3,(H,24,27). The Morgan fingerprint density at radius 3 is 2.31 bits per heavy atom. The molecule has 1 aromatic rings. The molecule has 1 N–H and O–H groups in total. The zero-order valence-electron chi connectivity index (χ0n) is 19.8. The van der Waals surface area contributed by atoms with Crippen LogP contribution in [0, 0.1) is 19.8 Å². The molecule has 1 saturated heterocycles. The molecule has 1 atom stereocenters. The molecule has 1 unspecified atom stereocenters. The molecule has 1 aliphatic carbocycles. The second kappa shape index (κ2) is 10.4. The van der Waals surface area contributed by atoms with E-state index in [1.807, 2.05) is 0 Å². The number of carbonyl (C=O) groups is 2. The summed E-state index contributed by atoms with van der Waals surface area (Å²) in [7, 11) is -2.22. The van der Waals surface area contributed by atoms with E-state index in [1.165, 1.54) is 17.1 Å². The van der Waals surface area contributed by atoms with Crippen molar-refractivity contribution in [2.45, 2.75) is 83.1 Å². The lowest BCUT2D eigenvalue weighted by Gasteiger charge is -2.32. The van der Waals surface area contributed by atoms with Crippen molar-refractivity contribution in [2.75, 3.05) is 19.7 Å². The minimum absolute atomic E-state index is 0.000719. The van der Waals surface area contributed by atoms with Crippen LogP contribution in [0.1, 0.15) is 80.0 Å². The molecule has 0 bridgehead atoms. The van der Waals surface area contributed by atoms with Gasteiger partial charge in [0, 0.05) is 37.6 Å². The van der Waals surface area contributed by atoms with Crippen LogP contribution in [0.3, 0.4) is 0 Å². The summed E-state index contributed by atoms with van der Waals surface area (Å²) in [6.45, 7) is 5.75. The lowest BCUT2D eigenvalue weighted by molar-refractivity contribution is -0.126. The smallest absolute Gasteiger partial charge is 0.341 e. The maximum Gasteiger partial charge on any atom is 0.341 e. The van der Waals surface area contributed by atoms with Crippen LogP contribution in [-0.2, 0) is 26.6 Å². The third kappa shape index (κ3) is 5.03. The number of piperidine rings is 1. The second-order valence-electron chi connectivity index (χ2n) is 9.05. The number of amides is 1. The van der Waals surface area contributed by atoms with E-state index in [9.17, 15) is 18.0 Å². The first-order chi connectivity index (χ1) is 15.2. The number of hydrogen-bond acceptors (Lipinski definition) is 5. The SMILES string of the molecule is CCOC(=O)c1c(S(=O)(=O)N2CCCC(C(=O)NC3CCCCCC3)C2)c(C)n(C)c1C. The van der Waals surface area contributed by atoms with Gasteiger partial charge >= 0.3 is 5.97 Å². The molecule has 1 aliphatic heterocycles. The summed E-state index contributed by atoms with van der Waals surface area (Å²) < 4.78 is 35.6. The number of nitrogens with one attached hydrogen (secondary N) is 1. The number of esters is 1. The van der Waals surface area contributed by atoms with Crippen LogP contribution in [0.15, 0.2) is 4.90 Å². The molecule has 0 radical (unpaired) electrons. The van der Waals surface area contributed by atoms with Gasteiger partial charge in [-0.25, -0.2) is 13.2 Å². The lowest BCUT2D eigenvalue weighted by atomic mass is 9.97. The molecule has 1 saturated carbocycles. The van der Waals surface area contributed by atoms with E-state index in [0.29, 0.717) is 30.8 Å². The average molecular weight is 468 g/mol. The molecule has 9 heteroatoms. The largest absolute Gasteiger partial charge is 0.462 e. The molecule has 1 aromatic heterocycles. The third-order valence-corrected chi connectivity index (χ3v) is 8.98. The summed E-state index contributed by atoms with van der Waals surface area (Å²) in [5, 5.41) is 3.17. The third-order valence-electron chi connectivity index (χ3n) is 6.96. The maximum absolute atomic E-state index is 13.7. The van der Waals surface area contributed by atoms with Crippen molar-refractivity contribution in [1.82, 2.24) is 14.2 Å². The van der Waals surface area contributed by atoms with Crippen molar-refractivity contribution >= 4 is 21.9 Å². The number of ether oxygens (including phenoxy) is 1. The highest BCUT2D eigenvalue weighted by molar-refractivity contribution is 7.89. The minimum atomic E-state index is -3.96. The summed E-state index contributed by atoms with van der Waals surface area (Å²) in [4.78, 5) is 25.6. The predicted molar refractivity (Wildman–Crippen MR) is 122 cm³/mol. The first-order valence-corrected chi connectivity index (χ1v) is 13.3. The van der Waals surface area contributed by atoms with Gasteiger partial charge in [0.25, 0.3) is 0 Å². The van der Waals surface area contributed by atoms with Crippen molar-refractivity contribution < 1.29 is 22.7 Å². The lowest BCUT2D eigenvalue weighted by Crippen LogP contribution is -2.47. The molecule has 3 rings (SSSR count). The zero-order chi connectivity index (χ0) is 23.5. The number of hydrogen-bond donors (Lipinski definition) is 1. The summed E-state index contributed by atoms with van der Waals surface area (Å²) >= 11 is 0. The Morgan fingerprint density at radius 1 is 1.03 bits per heavy atom. The van der Waals surface area contributed by atoms with Crippen molar-refractivity contribution in [2.24, 2.45) is 13.0 Å². The van der Waals surface area contributed by atoms with Gasteiger partial charge in [-0.15, -0.1) is 0 Å². The first kappa shape index (κ1) is 24.8. The Balaban J connectivity index is 1.82.